The third-order valence-corrected chi connectivity index (χ3v) is 8.96. The van der Waals surface area contributed by atoms with Crippen molar-refractivity contribution >= 4 is 47.0 Å². The van der Waals surface area contributed by atoms with Gasteiger partial charge >= 0.3 is 0 Å². The number of alkyl halides is 4. The first-order valence-electron chi connectivity index (χ1n) is 10.8. The normalized spacial score (nSPS) is 15.7. The molecule has 0 bridgehead atoms. The molecule has 0 aliphatic rings. The first-order chi connectivity index (χ1) is 14.4. The highest BCUT2D eigenvalue weighted by Gasteiger charge is 2.25. The number of benzene rings is 1. The summed E-state index contributed by atoms with van der Waals surface area (Å²) in [6, 6.07) is 3.48. The molecule has 30 heavy (non-hydrogen) atoms. The molecule has 0 amide bonds. The van der Waals surface area contributed by atoms with Gasteiger partial charge in [0.2, 0.25) is 0 Å². The van der Waals surface area contributed by atoms with Crippen LogP contribution >= 0.6 is 47.0 Å². The highest BCUT2D eigenvalue weighted by atomic mass is 32.2. The summed E-state index contributed by atoms with van der Waals surface area (Å²) in [5.41, 5.74) is -4.56. The molecule has 0 aliphatic carbocycles. The zero-order valence-electron chi connectivity index (χ0n) is 18.3. The number of hydrogen-bond acceptors (Lipinski definition) is 4. The molecule has 0 radical (unpaired) electrons. The molecule has 0 N–H and O–H groups in total. The van der Waals surface area contributed by atoms with Crippen molar-refractivity contribution in [3.63, 3.8) is 0 Å². The Morgan fingerprint density at radius 3 is 1.07 bits per heavy atom. The molecule has 8 heteroatoms. The molecular formula is C22H34F4S4. The third-order valence-electron chi connectivity index (χ3n) is 4.10. The highest BCUT2D eigenvalue weighted by Crippen LogP contribution is 2.49. The van der Waals surface area contributed by atoms with Crippen molar-refractivity contribution in [2.75, 3.05) is 0 Å². The second-order valence-electron chi connectivity index (χ2n) is 6.99. The molecular weight excluding hydrogens is 469 g/mol. The molecule has 1 aromatic rings. The summed E-state index contributed by atoms with van der Waals surface area (Å²) in [5.74, 6) is 0. The van der Waals surface area contributed by atoms with E-state index in [9.17, 15) is 17.6 Å². The van der Waals surface area contributed by atoms with E-state index < -0.39 is 22.0 Å². The molecule has 4 atom stereocenters. The predicted octanol–water partition coefficient (Wildman–Crippen LogP) is 10.4. The maximum atomic E-state index is 14.6. The van der Waals surface area contributed by atoms with Crippen LogP contribution < -0.4 is 0 Å². The van der Waals surface area contributed by atoms with Crippen molar-refractivity contribution in [3.8, 4) is 0 Å². The zero-order chi connectivity index (χ0) is 22.5. The van der Waals surface area contributed by atoms with E-state index in [0.717, 1.165) is 47.0 Å². The van der Waals surface area contributed by atoms with E-state index in [1.54, 1.807) is 12.1 Å². The maximum absolute atomic E-state index is 14.6. The van der Waals surface area contributed by atoms with E-state index in [1.807, 2.05) is 27.7 Å². The standard InChI is InChI=1S/C22H34F4S4/c1-5-9-17(23)27-15-13-14-16(28-18(24)10-6-2)22(30-20(26)12-8-4)21(15)29-19(25)11-7-3/h13-14,17-20H,5-12H2,1-4H3. The van der Waals surface area contributed by atoms with Gasteiger partial charge in [-0.1, -0.05) is 100 Å². The summed E-state index contributed by atoms with van der Waals surface area (Å²) in [6.07, 6.45) is 4.28. The van der Waals surface area contributed by atoms with E-state index in [-0.39, 0.29) is 0 Å². The summed E-state index contributed by atoms with van der Waals surface area (Å²) in [7, 11) is 0. The lowest BCUT2D eigenvalue weighted by Crippen LogP contribution is -2.02. The molecule has 0 saturated carbocycles. The van der Waals surface area contributed by atoms with Gasteiger partial charge in [-0.05, 0) is 37.8 Å². The average molecular weight is 503 g/mol. The molecule has 0 fully saturated rings. The van der Waals surface area contributed by atoms with Gasteiger partial charge in [0, 0.05) is 19.6 Å². The van der Waals surface area contributed by atoms with E-state index in [4.69, 9.17) is 0 Å². The summed E-state index contributed by atoms with van der Waals surface area (Å²) in [4.78, 5) is 2.33. The molecule has 1 rings (SSSR count). The van der Waals surface area contributed by atoms with Crippen molar-refractivity contribution in [1.82, 2.24) is 0 Å². The van der Waals surface area contributed by atoms with Crippen LogP contribution in [-0.4, -0.2) is 22.0 Å². The van der Waals surface area contributed by atoms with Crippen LogP contribution in [0.1, 0.15) is 79.1 Å². The molecule has 0 spiro atoms. The topological polar surface area (TPSA) is 0 Å². The molecule has 0 heterocycles. The third kappa shape index (κ3) is 10.3. The van der Waals surface area contributed by atoms with Gasteiger partial charge in [0.05, 0.1) is 0 Å². The molecule has 4 unspecified atom stereocenters. The number of rotatable bonds is 16. The van der Waals surface area contributed by atoms with Crippen molar-refractivity contribution in [1.29, 1.82) is 0 Å². The van der Waals surface area contributed by atoms with Crippen LogP contribution in [0, 0.1) is 0 Å². The fraction of sp³-hybridized carbons (Fsp3) is 0.727. The Labute approximate surface area is 196 Å². The summed E-state index contributed by atoms with van der Waals surface area (Å²) in [6.45, 7) is 7.63. The first kappa shape index (κ1) is 28.4. The van der Waals surface area contributed by atoms with E-state index >= 15 is 0 Å². The van der Waals surface area contributed by atoms with Gasteiger partial charge in [-0.15, -0.1) is 0 Å². The van der Waals surface area contributed by atoms with Crippen LogP contribution in [0.25, 0.3) is 0 Å². The highest BCUT2D eigenvalue weighted by molar-refractivity contribution is 8.05. The molecule has 0 nitrogen and oxygen atoms in total. The second kappa shape index (κ2) is 16.0. The smallest absolute Gasteiger partial charge is 0.150 e. The fourth-order valence-corrected chi connectivity index (χ4v) is 7.60. The Kier molecular flexibility index (Phi) is 15.2. The molecule has 0 aromatic heterocycles. The number of hydrogen-bond donors (Lipinski definition) is 0. The van der Waals surface area contributed by atoms with E-state index in [0.29, 0.717) is 70.9 Å². The van der Waals surface area contributed by atoms with Crippen LogP contribution in [0.15, 0.2) is 31.7 Å². The quantitative estimate of drug-likeness (QED) is 0.163. The largest absolute Gasteiger partial charge is 0.235 e. The predicted molar refractivity (Wildman–Crippen MR) is 129 cm³/mol. The van der Waals surface area contributed by atoms with Crippen molar-refractivity contribution in [2.45, 2.75) is 121 Å². The Morgan fingerprint density at radius 1 is 0.533 bits per heavy atom. The molecule has 1 aromatic carbocycles. The summed E-state index contributed by atoms with van der Waals surface area (Å²) in [5, 5.41) is 0. The van der Waals surface area contributed by atoms with Crippen LogP contribution in [0.5, 0.6) is 0 Å². The Bertz CT molecular complexity index is 552. The monoisotopic (exact) mass is 502 g/mol. The van der Waals surface area contributed by atoms with E-state index in [1.165, 1.54) is 0 Å². The van der Waals surface area contributed by atoms with Gasteiger partial charge < -0.3 is 0 Å². The van der Waals surface area contributed by atoms with Gasteiger partial charge in [-0.2, -0.15) is 0 Å². The average Bonchev–Trinajstić information content (AvgIpc) is 2.67. The SMILES string of the molecule is CCCC(F)Sc1ccc(SC(F)CCC)c(SC(F)CCC)c1SC(F)CCC. The van der Waals surface area contributed by atoms with Crippen molar-refractivity contribution in [2.24, 2.45) is 0 Å². The minimum absolute atomic E-state index is 0.361. The lowest BCUT2D eigenvalue weighted by molar-refractivity contribution is 0.422. The summed E-state index contributed by atoms with van der Waals surface area (Å²) < 4.78 is 58.0. The Balaban J connectivity index is 3.39. The van der Waals surface area contributed by atoms with Crippen molar-refractivity contribution < 1.29 is 17.6 Å². The fourth-order valence-electron chi connectivity index (χ4n) is 2.61. The van der Waals surface area contributed by atoms with Gasteiger partial charge in [0.15, 0.2) is 0 Å². The molecule has 0 aliphatic heterocycles. The number of halogens is 4. The minimum atomic E-state index is -1.17. The van der Waals surface area contributed by atoms with Crippen molar-refractivity contribution in [3.05, 3.63) is 12.1 Å². The van der Waals surface area contributed by atoms with E-state index in [2.05, 4.69) is 0 Å². The lowest BCUT2D eigenvalue weighted by Gasteiger charge is -2.21. The van der Waals surface area contributed by atoms with Gasteiger partial charge in [0.25, 0.3) is 0 Å². The first-order valence-corrected chi connectivity index (χ1v) is 14.3. The number of thioether (sulfide) groups is 4. The van der Waals surface area contributed by atoms with Gasteiger partial charge in [0.1, 0.15) is 22.0 Å². The van der Waals surface area contributed by atoms with Crippen LogP contribution in [0.2, 0.25) is 0 Å². The molecule has 0 saturated heterocycles. The lowest BCUT2D eigenvalue weighted by atomic mass is 10.3. The Morgan fingerprint density at radius 2 is 0.800 bits per heavy atom. The van der Waals surface area contributed by atoms with Crippen LogP contribution in [0.3, 0.4) is 0 Å². The zero-order valence-corrected chi connectivity index (χ0v) is 21.5. The van der Waals surface area contributed by atoms with Gasteiger partial charge in [-0.3, -0.25) is 0 Å². The maximum Gasteiger partial charge on any atom is 0.150 e. The summed E-state index contributed by atoms with van der Waals surface area (Å²) >= 11 is 4.15. The molecule has 174 valence electrons. The van der Waals surface area contributed by atoms with Gasteiger partial charge in [-0.25, -0.2) is 17.6 Å². The second-order valence-corrected chi connectivity index (χ2v) is 11.7. The Hall–Kier alpha value is 0.340. The van der Waals surface area contributed by atoms with Crippen LogP contribution in [0.4, 0.5) is 17.6 Å². The van der Waals surface area contributed by atoms with Crippen LogP contribution in [-0.2, 0) is 0 Å². The minimum Gasteiger partial charge on any atom is -0.235 e.